The first-order chi connectivity index (χ1) is 13.0. The van der Waals surface area contributed by atoms with E-state index in [1.165, 1.54) is 11.1 Å². The van der Waals surface area contributed by atoms with Crippen LogP contribution in [0.15, 0.2) is 41.9 Å². The number of nitrogens with one attached hydrogen (secondary N) is 1. The highest BCUT2D eigenvalue weighted by Crippen LogP contribution is 2.25. The Kier molecular flexibility index (Phi) is 6.08. The summed E-state index contributed by atoms with van der Waals surface area (Å²) < 4.78 is 5.95. The minimum Gasteiger partial charge on any atom is -0.512 e. The lowest BCUT2D eigenvalue weighted by atomic mass is 9.99. The first-order valence-corrected chi connectivity index (χ1v) is 9.25. The Hall–Kier alpha value is -2.44. The Morgan fingerprint density at radius 3 is 2.78 bits per heavy atom. The molecule has 0 aliphatic carbocycles. The molecule has 27 heavy (non-hydrogen) atoms. The highest BCUT2D eigenvalue weighted by Gasteiger charge is 2.20. The molecule has 0 aromatic carbocycles. The standard InChI is InChI=1S/C21H28N4O2/c1-14-5-6-17(10-23-14)21(22-3)19(15(2)26)13-27-20-9-16-7-8-25(4)12-18(16)11-24-20/h5-6,9-11,21-22,26H,7-8,12-13H2,1-4H3/b19-15-. The number of aryl methyl sites for hydroxylation is 1. The number of likely N-dealkylation sites (N-methyl/N-ethyl adjacent to an activating group) is 2. The molecule has 3 heterocycles. The van der Waals surface area contributed by atoms with Gasteiger partial charge in [-0.3, -0.25) is 4.98 Å². The zero-order chi connectivity index (χ0) is 19.4. The maximum Gasteiger partial charge on any atom is 0.213 e. The Morgan fingerprint density at radius 2 is 2.11 bits per heavy atom. The van der Waals surface area contributed by atoms with Crippen molar-refractivity contribution in [2.24, 2.45) is 0 Å². The quantitative estimate of drug-likeness (QED) is 0.764. The first kappa shape index (κ1) is 19.3. The van der Waals surface area contributed by atoms with Crippen molar-refractivity contribution in [1.82, 2.24) is 20.2 Å². The zero-order valence-electron chi connectivity index (χ0n) is 16.5. The van der Waals surface area contributed by atoms with Gasteiger partial charge in [0.15, 0.2) is 0 Å². The van der Waals surface area contributed by atoms with Gasteiger partial charge in [0.05, 0.1) is 11.8 Å². The number of ether oxygens (including phenoxy) is 1. The van der Waals surface area contributed by atoms with Crippen LogP contribution in [0.3, 0.4) is 0 Å². The largest absolute Gasteiger partial charge is 0.512 e. The molecule has 3 rings (SSSR count). The minimum atomic E-state index is -0.172. The van der Waals surface area contributed by atoms with Gasteiger partial charge in [-0.15, -0.1) is 0 Å². The van der Waals surface area contributed by atoms with E-state index in [9.17, 15) is 5.11 Å². The summed E-state index contributed by atoms with van der Waals surface area (Å²) in [4.78, 5) is 11.1. The molecule has 6 heteroatoms. The summed E-state index contributed by atoms with van der Waals surface area (Å²) in [5.41, 5.74) is 5.25. The van der Waals surface area contributed by atoms with Crippen molar-refractivity contribution in [3.8, 4) is 5.88 Å². The molecule has 1 aliphatic heterocycles. The molecule has 1 aliphatic rings. The SMILES string of the molecule is CNC(/C(COc1cc2c(cn1)CN(C)CC2)=C(/C)O)c1ccc(C)nc1. The van der Waals surface area contributed by atoms with Gasteiger partial charge in [0.25, 0.3) is 0 Å². The molecule has 1 unspecified atom stereocenters. The lowest BCUT2D eigenvalue weighted by molar-refractivity contribution is 0.298. The Bertz CT molecular complexity index is 813. The smallest absolute Gasteiger partial charge is 0.213 e. The van der Waals surface area contributed by atoms with Crippen molar-refractivity contribution in [3.63, 3.8) is 0 Å². The van der Waals surface area contributed by atoms with Gasteiger partial charge < -0.3 is 20.1 Å². The van der Waals surface area contributed by atoms with Gasteiger partial charge in [-0.1, -0.05) is 6.07 Å². The third-order valence-corrected chi connectivity index (χ3v) is 5.01. The minimum absolute atomic E-state index is 0.172. The number of aliphatic hydroxyl groups excluding tert-OH is 1. The van der Waals surface area contributed by atoms with Crippen molar-refractivity contribution < 1.29 is 9.84 Å². The maximum atomic E-state index is 10.2. The van der Waals surface area contributed by atoms with E-state index in [0.717, 1.165) is 36.3 Å². The van der Waals surface area contributed by atoms with Crippen molar-refractivity contribution >= 4 is 0 Å². The molecule has 0 bridgehead atoms. The fraction of sp³-hybridized carbons (Fsp3) is 0.429. The normalized spacial score (nSPS) is 16.4. The Balaban J connectivity index is 1.75. The van der Waals surface area contributed by atoms with E-state index in [4.69, 9.17) is 4.74 Å². The number of aromatic nitrogens is 2. The topological polar surface area (TPSA) is 70.5 Å². The van der Waals surface area contributed by atoms with Crippen LogP contribution in [-0.2, 0) is 13.0 Å². The van der Waals surface area contributed by atoms with Crippen molar-refractivity contribution in [1.29, 1.82) is 0 Å². The van der Waals surface area contributed by atoms with Crippen LogP contribution in [0, 0.1) is 6.92 Å². The van der Waals surface area contributed by atoms with E-state index < -0.39 is 0 Å². The maximum absolute atomic E-state index is 10.2. The number of rotatable bonds is 6. The Labute approximate surface area is 160 Å². The predicted molar refractivity (Wildman–Crippen MR) is 106 cm³/mol. The number of hydrogen-bond acceptors (Lipinski definition) is 6. The van der Waals surface area contributed by atoms with Crippen molar-refractivity contribution in [2.75, 3.05) is 27.2 Å². The average Bonchev–Trinajstić information content (AvgIpc) is 2.65. The second-order valence-electron chi connectivity index (χ2n) is 7.13. The number of nitrogens with zero attached hydrogens (tertiary/aromatic N) is 3. The molecular formula is C21H28N4O2. The van der Waals surface area contributed by atoms with Crippen LogP contribution in [0.25, 0.3) is 0 Å². The van der Waals surface area contributed by atoms with Crippen LogP contribution in [0.1, 0.15) is 35.3 Å². The van der Waals surface area contributed by atoms with E-state index in [1.807, 2.05) is 44.6 Å². The molecule has 2 aromatic heterocycles. The van der Waals surface area contributed by atoms with Gasteiger partial charge in [-0.2, -0.15) is 0 Å². The second kappa shape index (κ2) is 8.50. The molecular weight excluding hydrogens is 340 g/mol. The van der Waals surface area contributed by atoms with Crippen LogP contribution in [0.2, 0.25) is 0 Å². The lowest BCUT2D eigenvalue weighted by Crippen LogP contribution is -2.27. The average molecular weight is 368 g/mol. The van der Waals surface area contributed by atoms with Gasteiger partial charge in [-0.25, -0.2) is 4.98 Å². The van der Waals surface area contributed by atoms with E-state index in [0.29, 0.717) is 5.88 Å². The number of hydrogen-bond donors (Lipinski definition) is 2. The fourth-order valence-electron chi connectivity index (χ4n) is 3.38. The van der Waals surface area contributed by atoms with Crippen molar-refractivity contribution in [3.05, 3.63) is 64.3 Å². The summed E-state index contributed by atoms with van der Waals surface area (Å²) >= 11 is 0. The molecule has 0 amide bonds. The number of fused-ring (bicyclic) bond motifs is 1. The summed E-state index contributed by atoms with van der Waals surface area (Å²) in [5.74, 6) is 0.837. The lowest BCUT2D eigenvalue weighted by Gasteiger charge is -2.25. The third kappa shape index (κ3) is 4.64. The molecule has 0 saturated carbocycles. The Morgan fingerprint density at radius 1 is 1.30 bits per heavy atom. The van der Waals surface area contributed by atoms with Crippen LogP contribution in [0.5, 0.6) is 5.88 Å². The van der Waals surface area contributed by atoms with Crippen LogP contribution in [0.4, 0.5) is 0 Å². The molecule has 0 spiro atoms. The van der Waals surface area contributed by atoms with E-state index in [2.05, 4.69) is 27.2 Å². The fourth-order valence-corrected chi connectivity index (χ4v) is 3.38. The highest BCUT2D eigenvalue weighted by molar-refractivity contribution is 5.32. The highest BCUT2D eigenvalue weighted by atomic mass is 16.5. The van der Waals surface area contributed by atoms with E-state index in [-0.39, 0.29) is 18.4 Å². The molecule has 6 nitrogen and oxygen atoms in total. The summed E-state index contributed by atoms with van der Waals surface area (Å²) in [6.07, 6.45) is 4.72. The van der Waals surface area contributed by atoms with Crippen LogP contribution < -0.4 is 10.1 Å². The third-order valence-electron chi connectivity index (χ3n) is 5.01. The summed E-state index contributed by atoms with van der Waals surface area (Å²) in [7, 11) is 3.98. The van der Waals surface area contributed by atoms with Gasteiger partial charge in [0, 0.05) is 42.8 Å². The number of aliphatic hydroxyl groups is 1. The molecule has 0 saturated heterocycles. The molecule has 0 radical (unpaired) electrons. The molecule has 0 fully saturated rings. The van der Waals surface area contributed by atoms with E-state index in [1.54, 1.807) is 6.92 Å². The number of pyridine rings is 2. The van der Waals surface area contributed by atoms with Gasteiger partial charge in [0.2, 0.25) is 5.88 Å². The molecule has 144 valence electrons. The monoisotopic (exact) mass is 368 g/mol. The summed E-state index contributed by atoms with van der Waals surface area (Å²) in [5, 5.41) is 13.5. The van der Waals surface area contributed by atoms with Gasteiger partial charge >= 0.3 is 0 Å². The van der Waals surface area contributed by atoms with Gasteiger partial charge in [-0.05, 0) is 57.1 Å². The van der Waals surface area contributed by atoms with Crippen LogP contribution in [-0.4, -0.2) is 47.2 Å². The second-order valence-corrected chi connectivity index (χ2v) is 7.13. The van der Waals surface area contributed by atoms with Gasteiger partial charge in [0.1, 0.15) is 6.61 Å². The first-order valence-electron chi connectivity index (χ1n) is 9.25. The van der Waals surface area contributed by atoms with E-state index >= 15 is 0 Å². The molecule has 2 aromatic rings. The summed E-state index contributed by atoms with van der Waals surface area (Å²) in [6, 6.07) is 5.83. The predicted octanol–water partition coefficient (Wildman–Crippen LogP) is 2.94. The summed E-state index contributed by atoms with van der Waals surface area (Å²) in [6.45, 7) is 5.86. The molecule has 2 N–H and O–H groups in total. The van der Waals surface area contributed by atoms with Crippen LogP contribution >= 0.6 is 0 Å². The number of allylic oxidation sites excluding steroid dienone is 1. The van der Waals surface area contributed by atoms with Crippen molar-refractivity contribution in [2.45, 2.75) is 32.9 Å². The molecule has 1 atom stereocenters. The zero-order valence-corrected chi connectivity index (χ0v) is 16.5.